The number of aromatic nitrogens is 2. The molecule has 2 heterocycles. The van der Waals surface area contributed by atoms with E-state index in [1.54, 1.807) is 36.0 Å². The average Bonchev–Trinajstić information content (AvgIpc) is 2.76. The van der Waals surface area contributed by atoms with Gasteiger partial charge in [-0.3, -0.25) is 9.59 Å². The number of nitrogens with zero attached hydrogens (tertiary/aromatic N) is 3. The maximum atomic E-state index is 11.9. The highest BCUT2D eigenvalue weighted by molar-refractivity contribution is 6.30. The van der Waals surface area contributed by atoms with Gasteiger partial charge in [0, 0.05) is 26.0 Å². The van der Waals surface area contributed by atoms with Crippen LogP contribution in [0.25, 0.3) is 5.65 Å². The molecular weight excluding hydrogens is 282 g/mol. The Hall–Kier alpha value is -2.08. The van der Waals surface area contributed by atoms with Crippen LogP contribution in [0, 0.1) is 0 Å². The van der Waals surface area contributed by atoms with E-state index in [0.717, 1.165) is 0 Å². The highest BCUT2D eigenvalue weighted by Gasteiger charge is 2.13. The van der Waals surface area contributed by atoms with Crippen molar-refractivity contribution in [1.29, 1.82) is 0 Å². The van der Waals surface area contributed by atoms with Crippen LogP contribution in [0.3, 0.4) is 0 Å². The van der Waals surface area contributed by atoms with Crippen molar-refractivity contribution in [2.75, 3.05) is 13.6 Å². The van der Waals surface area contributed by atoms with Crippen molar-refractivity contribution in [2.24, 2.45) is 0 Å². The minimum absolute atomic E-state index is 0.0665. The standard InChI is InChI=1S/C13H14ClN3O3/c1-16(5-4-13(19)20)12(18)6-10-8-17-7-9(14)2-3-11(17)15-10/h2-3,7-8H,4-6H2,1H3,(H,19,20). The van der Waals surface area contributed by atoms with Gasteiger partial charge in [0.1, 0.15) is 5.65 Å². The van der Waals surface area contributed by atoms with E-state index in [1.807, 2.05) is 0 Å². The smallest absolute Gasteiger partial charge is 0.305 e. The fourth-order valence-electron chi connectivity index (χ4n) is 1.78. The molecule has 6 nitrogen and oxygen atoms in total. The van der Waals surface area contributed by atoms with Crippen LogP contribution in [0.5, 0.6) is 0 Å². The first-order valence-corrected chi connectivity index (χ1v) is 6.42. The van der Waals surface area contributed by atoms with E-state index in [2.05, 4.69) is 4.98 Å². The van der Waals surface area contributed by atoms with Crippen LogP contribution in [0.4, 0.5) is 0 Å². The molecule has 0 saturated heterocycles. The minimum Gasteiger partial charge on any atom is -0.481 e. The summed E-state index contributed by atoms with van der Waals surface area (Å²) in [5.74, 6) is -1.09. The Morgan fingerprint density at radius 1 is 1.40 bits per heavy atom. The SMILES string of the molecule is CN(CCC(=O)O)C(=O)Cc1cn2cc(Cl)ccc2n1. The van der Waals surface area contributed by atoms with E-state index in [9.17, 15) is 9.59 Å². The molecule has 0 saturated carbocycles. The van der Waals surface area contributed by atoms with Crippen LogP contribution in [0.2, 0.25) is 5.02 Å². The lowest BCUT2D eigenvalue weighted by molar-refractivity contribution is -0.138. The number of hydrogen-bond donors (Lipinski definition) is 1. The molecule has 0 unspecified atom stereocenters. The zero-order valence-corrected chi connectivity index (χ0v) is 11.7. The topological polar surface area (TPSA) is 74.9 Å². The predicted molar refractivity (Wildman–Crippen MR) is 73.8 cm³/mol. The number of carbonyl (C=O) groups is 2. The first-order chi connectivity index (χ1) is 9.45. The van der Waals surface area contributed by atoms with Crippen molar-refractivity contribution in [2.45, 2.75) is 12.8 Å². The molecule has 0 aliphatic rings. The molecule has 7 heteroatoms. The Kier molecular flexibility index (Phi) is 4.24. The molecule has 0 radical (unpaired) electrons. The number of imidazole rings is 1. The summed E-state index contributed by atoms with van der Waals surface area (Å²) >= 11 is 5.88. The van der Waals surface area contributed by atoms with Gasteiger partial charge < -0.3 is 14.4 Å². The van der Waals surface area contributed by atoms with E-state index in [0.29, 0.717) is 16.4 Å². The number of aliphatic carboxylic acids is 1. The number of halogens is 1. The summed E-state index contributed by atoms with van der Waals surface area (Å²) in [5, 5.41) is 9.18. The van der Waals surface area contributed by atoms with Gasteiger partial charge in [-0.2, -0.15) is 0 Å². The van der Waals surface area contributed by atoms with E-state index in [-0.39, 0.29) is 25.3 Å². The number of carbonyl (C=O) groups excluding carboxylic acids is 1. The highest BCUT2D eigenvalue weighted by Crippen LogP contribution is 2.12. The number of likely N-dealkylation sites (N-methyl/N-ethyl adjacent to an activating group) is 1. The van der Waals surface area contributed by atoms with Crippen LogP contribution in [0.15, 0.2) is 24.5 Å². The largest absolute Gasteiger partial charge is 0.481 e. The zero-order chi connectivity index (χ0) is 14.7. The van der Waals surface area contributed by atoms with Gasteiger partial charge in [0.15, 0.2) is 0 Å². The second-order valence-corrected chi connectivity index (χ2v) is 4.92. The molecule has 1 N–H and O–H groups in total. The summed E-state index contributed by atoms with van der Waals surface area (Å²) < 4.78 is 1.75. The molecule has 2 aromatic rings. The maximum absolute atomic E-state index is 11.9. The number of carboxylic acid groups (broad SMARTS) is 1. The fraction of sp³-hybridized carbons (Fsp3) is 0.308. The fourth-order valence-corrected chi connectivity index (χ4v) is 1.95. The summed E-state index contributed by atoms with van der Waals surface area (Å²) in [7, 11) is 1.58. The molecule has 106 valence electrons. The van der Waals surface area contributed by atoms with E-state index >= 15 is 0 Å². The van der Waals surface area contributed by atoms with E-state index in [4.69, 9.17) is 16.7 Å². The lowest BCUT2D eigenvalue weighted by Crippen LogP contribution is -2.30. The molecule has 0 atom stereocenters. The predicted octanol–water partition coefficient (Wildman–Crippen LogP) is 1.46. The third-order valence-corrected chi connectivity index (χ3v) is 3.11. The van der Waals surface area contributed by atoms with Crippen LogP contribution in [-0.4, -0.2) is 44.9 Å². The van der Waals surface area contributed by atoms with Crippen molar-refractivity contribution in [1.82, 2.24) is 14.3 Å². The molecule has 0 bridgehead atoms. The molecule has 2 rings (SSSR count). The van der Waals surface area contributed by atoms with Gasteiger partial charge in [-0.05, 0) is 12.1 Å². The average molecular weight is 296 g/mol. The van der Waals surface area contributed by atoms with Crippen LogP contribution in [0.1, 0.15) is 12.1 Å². The molecule has 20 heavy (non-hydrogen) atoms. The molecule has 0 aromatic carbocycles. The van der Waals surface area contributed by atoms with Gasteiger partial charge in [-0.15, -0.1) is 0 Å². The summed E-state index contributed by atoms with van der Waals surface area (Å²) in [5.41, 5.74) is 1.34. The summed E-state index contributed by atoms with van der Waals surface area (Å²) in [6, 6.07) is 3.50. The Labute approximate surface area is 120 Å². The first kappa shape index (κ1) is 14.3. The number of hydrogen-bond acceptors (Lipinski definition) is 3. The zero-order valence-electron chi connectivity index (χ0n) is 10.9. The van der Waals surface area contributed by atoms with Crippen molar-refractivity contribution in [3.63, 3.8) is 0 Å². The van der Waals surface area contributed by atoms with Crippen LogP contribution >= 0.6 is 11.6 Å². The number of carboxylic acids is 1. The third-order valence-electron chi connectivity index (χ3n) is 2.88. The first-order valence-electron chi connectivity index (χ1n) is 6.04. The van der Waals surface area contributed by atoms with Crippen LogP contribution in [-0.2, 0) is 16.0 Å². The molecule has 0 fully saturated rings. The third kappa shape index (κ3) is 3.48. The number of rotatable bonds is 5. The van der Waals surface area contributed by atoms with Crippen molar-refractivity contribution >= 4 is 29.1 Å². The van der Waals surface area contributed by atoms with Crippen LogP contribution < -0.4 is 0 Å². The molecule has 0 aliphatic heterocycles. The quantitative estimate of drug-likeness (QED) is 0.906. The molecular formula is C13H14ClN3O3. The number of pyridine rings is 1. The van der Waals surface area contributed by atoms with Gasteiger partial charge in [0.2, 0.25) is 5.91 Å². The maximum Gasteiger partial charge on any atom is 0.305 e. The molecule has 1 amide bonds. The summed E-state index contributed by atoms with van der Waals surface area (Å²) in [6.45, 7) is 0.188. The summed E-state index contributed by atoms with van der Waals surface area (Å²) in [4.78, 5) is 28.1. The lowest BCUT2D eigenvalue weighted by Gasteiger charge is -2.14. The molecule has 0 spiro atoms. The van der Waals surface area contributed by atoms with E-state index < -0.39 is 5.97 Å². The molecule has 0 aliphatic carbocycles. The van der Waals surface area contributed by atoms with Crippen molar-refractivity contribution in [3.05, 3.63) is 35.2 Å². The van der Waals surface area contributed by atoms with Gasteiger partial charge in [0.05, 0.1) is 23.6 Å². The Bertz CT molecular complexity index is 653. The monoisotopic (exact) mass is 295 g/mol. The highest BCUT2D eigenvalue weighted by atomic mass is 35.5. The Balaban J connectivity index is 2.04. The summed E-state index contributed by atoms with van der Waals surface area (Å²) in [6.07, 6.45) is 3.52. The Morgan fingerprint density at radius 3 is 2.85 bits per heavy atom. The minimum atomic E-state index is -0.924. The van der Waals surface area contributed by atoms with Crippen molar-refractivity contribution < 1.29 is 14.7 Å². The van der Waals surface area contributed by atoms with Gasteiger partial charge in [0.25, 0.3) is 0 Å². The normalized spacial score (nSPS) is 10.7. The van der Waals surface area contributed by atoms with Gasteiger partial charge >= 0.3 is 5.97 Å². The lowest BCUT2D eigenvalue weighted by atomic mass is 10.3. The second-order valence-electron chi connectivity index (χ2n) is 4.48. The van der Waals surface area contributed by atoms with Gasteiger partial charge in [-0.1, -0.05) is 11.6 Å². The van der Waals surface area contributed by atoms with E-state index in [1.165, 1.54) is 4.90 Å². The van der Waals surface area contributed by atoms with Crippen molar-refractivity contribution in [3.8, 4) is 0 Å². The number of amides is 1. The molecule has 2 aromatic heterocycles. The Morgan fingerprint density at radius 2 is 2.15 bits per heavy atom. The number of fused-ring (bicyclic) bond motifs is 1. The second kappa shape index (κ2) is 5.92. The van der Waals surface area contributed by atoms with Gasteiger partial charge in [-0.25, -0.2) is 4.98 Å².